The van der Waals surface area contributed by atoms with Crippen molar-refractivity contribution in [2.24, 2.45) is 0 Å². The molecule has 6 N–H and O–H groups in total. The van der Waals surface area contributed by atoms with E-state index in [0.29, 0.717) is 17.2 Å². The molecular weight excluding hydrogens is 280 g/mol. The molecule has 0 unspecified atom stereocenters. The Balaban J connectivity index is 1.96. The summed E-state index contributed by atoms with van der Waals surface area (Å²) in [7, 11) is 0. The number of phenols is 1. The van der Waals surface area contributed by atoms with Crippen LogP contribution in [-0.4, -0.2) is 20.1 Å². The minimum absolute atomic E-state index is 0.000227. The molecule has 0 saturated heterocycles. The van der Waals surface area contributed by atoms with Gasteiger partial charge in [0.25, 0.3) is 0 Å². The highest BCUT2D eigenvalue weighted by atomic mass is 16.3. The molecule has 0 aliphatic heterocycles. The SMILES string of the molecule is Nc1ccc(Nc2nc(N)nc(-c3ccccc3)n2)c(O)c1. The smallest absolute Gasteiger partial charge is 0.232 e. The molecule has 3 aromatic rings. The Morgan fingerprint density at radius 2 is 1.68 bits per heavy atom. The molecule has 7 nitrogen and oxygen atoms in total. The lowest BCUT2D eigenvalue weighted by Crippen LogP contribution is -2.05. The number of nitrogens with one attached hydrogen (secondary N) is 1. The Labute approximate surface area is 126 Å². The molecule has 7 heteroatoms. The maximum atomic E-state index is 9.86. The van der Waals surface area contributed by atoms with Gasteiger partial charge in [0.15, 0.2) is 5.82 Å². The number of aromatic nitrogens is 3. The highest BCUT2D eigenvalue weighted by Gasteiger charge is 2.09. The van der Waals surface area contributed by atoms with Crippen LogP contribution in [0.15, 0.2) is 48.5 Å². The van der Waals surface area contributed by atoms with Gasteiger partial charge in [0.05, 0.1) is 5.69 Å². The molecule has 1 aromatic heterocycles. The van der Waals surface area contributed by atoms with E-state index in [2.05, 4.69) is 20.3 Å². The first-order chi connectivity index (χ1) is 10.6. The molecule has 0 radical (unpaired) electrons. The minimum atomic E-state index is 0.000227. The molecule has 2 aromatic carbocycles. The summed E-state index contributed by atoms with van der Waals surface area (Å²) in [5.74, 6) is 0.781. The zero-order valence-corrected chi connectivity index (χ0v) is 11.6. The van der Waals surface area contributed by atoms with Gasteiger partial charge < -0.3 is 21.9 Å². The molecule has 0 fully saturated rings. The van der Waals surface area contributed by atoms with E-state index >= 15 is 0 Å². The molecule has 110 valence electrons. The van der Waals surface area contributed by atoms with Crippen molar-refractivity contribution in [3.8, 4) is 17.1 Å². The summed E-state index contributed by atoms with van der Waals surface area (Å²) < 4.78 is 0. The quantitative estimate of drug-likeness (QED) is 0.431. The fourth-order valence-corrected chi connectivity index (χ4v) is 1.94. The van der Waals surface area contributed by atoms with Gasteiger partial charge in [0, 0.05) is 17.3 Å². The van der Waals surface area contributed by atoms with Crippen molar-refractivity contribution in [2.45, 2.75) is 0 Å². The van der Waals surface area contributed by atoms with E-state index in [4.69, 9.17) is 11.5 Å². The van der Waals surface area contributed by atoms with Crippen LogP contribution in [0.5, 0.6) is 5.75 Å². The summed E-state index contributed by atoms with van der Waals surface area (Å²) in [4.78, 5) is 12.4. The lowest BCUT2D eigenvalue weighted by Gasteiger charge is -2.09. The molecule has 3 rings (SSSR count). The third kappa shape index (κ3) is 2.88. The first-order valence-corrected chi connectivity index (χ1v) is 6.54. The monoisotopic (exact) mass is 294 g/mol. The van der Waals surface area contributed by atoms with Gasteiger partial charge in [-0.1, -0.05) is 30.3 Å². The van der Waals surface area contributed by atoms with E-state index in [0.717, 1.165) is 5.56 Å². The fraction of sp³-hybridized carbons (Fsp3) is 0. The maximum Gasteiger partial charge on any atom is 0.232 e. The van der Waals surface area contributed by atoms with Crippen LogP contribution in [0.3, 0.4) is 0 Å². The van der Waals surface area contributed by atoms with Crippen molar-refractivity contribution in [3.05, 3.63) is 48.5 Å². The molecule has 0 spiro atoms. The highest BCUT2D eigenvalue weighted by Crippen LogP contribution is 2.28. The third-order valence-corrected chi connectivity index (χ3v) is 2.95. The van der Waals surface area contributed by atoms with Crippen molar-refractivity contribution < 1.29 is 5.11 Å². The van der Waals surface area contributed by atoms with Crippen LogP contribution < -0.4 is 16.8 Å². The van der Waals surface area contributed by atoms with Crippen molar-refractivity contribution in [3.63, 3.8) is 0 Å². The minimum Gasteiger partial charge on any atom is -0.506 e. The summed E-state index contributed by atoms with van der Waals surface area (Å²) >= 11 is 0. The molecule has 22 heavy (non-hydrogen) atoms. The van der Waals surface area contributed by atoms with Crippen LogP contribution in [0, 0.1) is 0 Å². The van der Waals surface area contributed by atoms with E-state index in [1.165, 1.54) is 6.07 Å². The maximum absolute atomic E-state index is 9.86. The highest BCUT2D eigenvalue weighted by molar-refractivity contribution is 5.67. The molecule has 0 atom stereocenters. The number of nitrogens with two attached hydrogens (primary N) is 2. The van der Waals surface area contributed by atoms with E-state index in [9.17, 15) is 5.11 Å². The number of hydrogen-bond acceptors (Lipinski definition) is 7. The van der Waals surface area contributed by atoms with E-state index in [-0.39, 0.29) is 17.6 Å². The molecule has 0 bridgehead atoms. The summed E-state index contributed by atoms with van der Waals surface area (Å²) in [5, 5.41) is 12.8. The number of rotatable bonds is 3. The number of nitrogen functional groups attached to an aromatic ring is 2. The number of anilines is 4. The molecule has 0 saturated carbocycles. The molecular formula is C15H14N6O. The molecule has 0 aliphatic carbocycles. The molecule has 0 amide bonds. The summed E-state index contributed by atoms with van der Waals surface area (Å²) in [6.45, 7) is 0. The lowest BCUT2D eigenvalue weighted by atomic mass is 10.2. The summed E-state index contributed by atoms with van der Waals surface area (Å²) in [6.07, 6.45) is 0. The van der Waals surface area contributed by atoms with Crippen LogP contribution in [-0.2, 0) is 0 Å². The number of nitrogens with zero attached hydrogens (tertiary/aromatic N) is 3. The van der Waals surface area contributed by atoms with Gasteiger partial charge in [-0.25, -0.2) is 0 Å². The van der Waals surface area contributed by atoms with Gasteiger partial charge in [0.1, 0.15) is 5.75 Å². The van der Waals surface area contributed by atoms with Crippen molar-refractivity contribution in [2.75, 3.05) is 16.8 Å². The zero-order valence-electron chi connectivity index (χ0n) is 11.6. The normalized spacial score (nSPS) is 10.4. The topological polar surface area (TPSA) is 123 Å². The Morgan fingerprint density at radius 3 is 2.41 bits per heavy atom. The van der Waals surface area contributed by atoms with E-state index < -0.39 is 0 Å². The average molecular weight is 294 g/mol. The Morgan fingerprint density at radius 1 is 0.909 bits per heavy atom. The second-order valence-corrected chi connectivity index (χ2v) is 4.61. The zero-order chi connectivity index (χ0) is 15.5. The van der Waals surface area contributed by atoms with Gasteiger partial charge in [-0.05, 0) is 12.1 Å². The van der Waals surface area contributed by atoms with E-state index in [1.807, 2.05) is 30.3 Å². The van der Waals surface area contributed by atoms with Crippen molar-refractivity contribution in [1.29, 1.82) is 0 Å². The lowest BCUT2D eigenvalue weighted by molar-refractivity contribution is 0.478. The number of benzene rings is 2. The van der Waals surface area contributed by atoms with Crippen LogP contribution in [0.4, 0.5) is 23.3 Å². The van der Waals surface area contributed by atoms with Gasteiger partial charge in [-0.15, -0.1) is 0 Å². The third-order valence-electron chi connectivity index (χ3n) is 2.95. The predicted molar refractivity (Wildman–Crippen MR) is 85.5 cm³/mol. The van der Waals surface area contributed by atoms with Crippen LogP contribution in [0.1, 0.15) is 0 Å². The van der Waals surface area contributed by atoms with Gasteiger partial charge in [-0.2, -0.15) is 15.0 Å². The Hall–Kier alpha value is -3.35. The number of aromatic hydroxyl groups is 1. The Kier molecular flexibility index (Phi) is 3.45. The van der Waals surface area contributed by atoms with Gasteiger partial charge in [-0.3, -0.25) is 0 Å². The number of hydrogen-bond donors (Lipinski definition) is 4. The standard InChI is InChI=1S/C15H14N6O/c16-10-6-7-11(12(22)8-10)18-15-20-13(19-14(17)21-15)9-4-2-1-3-5-9/h1-8,22H,16H2,(H3,17,18,19,20,21). The van der Waals surface area contributed by atoms with Crippen LogP contribution >= 0.6 is 0 Å². The second kappa shape index (κ2) is 5.57. The van der Waals surface area contributed by atoms with Crippen molar-refractivity contribution >= 4 is 23.3 Å². The largest absolute Gasteiger partial charge is 0.506 e. The van der Waals surface area contributed by atoms with Crippen molar-refractivity contribution in [1.82, 2.24) is 15.0 Å². The molecule has 0 aliphatic rings. The van der Waals surface area contributed by atoms with Crippen LogP contribution in [0.25, 0.3) is 11.4 Å². The fourth-order valence-electron chi connectivity index (χ4n) is 1.94. The van der Waals surface area contributed by atoms with E-state index in [1.54, 1.807) is 12.1 Å². The number of phenolic OH excluding ortho intramolecular Hbond substituents is 1. The first-order valence-electron chi connectivity index (χ1n) is 6.54. The van der Waals surface area contributed by atoms with Gasteiger partial charge in [0.2, 0.25) is 11.9 Å². The van der Waals surface area contributed by atoms with Gasteiger partial charge >= 0.3 is 0 Å². The second-order valence-electron chi connectivity index (χ2n) is 4.61. The average Bonchev–Trinajstić information content (AvgIpc) is 2.50. The Bertz CT molecular complexity index is 806. The summed E-state index contributed by atoms with van der Waals surface area (Å²) in [6, 6.07) is 14.1. The van der Waals surface area contributed by atoms with Crippen LogP contribution in [0.2, 0.25) is 0 Å². The molecule has 1 heterocycles. The first kappa shape index (κ1) is 13.6. The predicted octanol–water partition coefficient (Wildman–Crippen LogP) is 2.15. The summed E-state index contributed by atoms with van der Waals surface area (Å²) in [5.41, 5.74) is 13.0.